The minimum atomic E-state index is 0.796. The van der Waals surface area contributed by atoms with Crippen LogP contribution in [-0.4, -0.2) is 19.3 Å². The molecule has 0 bridgehead atoms. The monoisotopic (exact) mass is 740 g/mol. The number of benzene rings is 9. The average molecular weight is 741 g/mol. The van der Waals surface area contributed by atoms with Gasteiger partial charge in [-0.2, -0.15) is 0 Å². The van der Waals surface area contributed by atoms with Crippen LogP contribution in [0.3, 0.4) is 0 Å². The van der Waals surface area contributed by atoms with E-state index >= 15 is 0 Å². The number of hydrogen-bond acceptors (Lipinski definition) is 2. The third kappa shape index (κ3) is 5.62. The van der Waals surface area contributed by atoms with Gasteiger partial charge in [-0.3, -0.25) is 4.57 Å². The molecule has 58 heavy (non-hydrogen) atoms. The van der Waals surface area contributed by atoms with Crippen molar-refractivity contribution in [2.24, 2.45) is 0 Å². The van der Waals surface area contributed by atoms with Gasteiger partial charge in [0, 0.05) is 33.0 Å². The van der Waals surface area contributed by atoms with Gasteiger partial charge in [0.25, 0.3) is 0 Å². The van der Waals surface area contributed by atoms with Crippen LogP contribution in [0.2, 0.25) is 0 Å². The number of aromatic nitrogens is 4. The van der Waals surface area contributed by atoms with Crippen molar-refractivity contribution in [1.82, 2.24) is 19.3 Å². The SMILES string of the molecule is c1ccc(-c2nnc(-c3ccc(-c4ccccc4-c4ccccc4-c4ccc5c(c4)c4ccccc4n5-c4ccccc4)cc3)n2-c2cccc3ccccc23)cc1. The number of nitrogens with zero attached hydrogens (tertiary/aromatic N) is 4. The van der Waals surface area contributed by atoms with Gasteiger partial charge in [0.2, 0.25) is 0 Å². The van der Waals surface area contributed by atoms with E-state index in [4.69, 9.17) is 10.2 Å². The Hall–Kier alpha value is -7.82. The maximum absolute atomic E-state index is 4.83. The zero-order valence-corrected chi connectivity index (χ0v) is 31.6. The first-order chi connectivity index (χ1) is 28.8. The molecule has 2 heterocycles. The predicted molar refractivity (Wildman–Crippen MR) is 240 cm³/mol. The Labute approximate surface area is 336 Å². The number of fused-ring (bicyclic) bond motifs is 4. The van der Waals surface area contributed by atoms with Crippen molar-refractivity contribution in [3.8, 4) is 67.5 Å². The van der Waals surface area contributed by atoms with Gasteiger partial charge in [-0.15, -0.1) is 10.2 Å². The lowest BCUT2D eigenvalue weighted by Crippen LogP contribution is -2.01. The molecule has 11 aromatic rings. The Balaban J connectivity index is 1.01. The summed E-state index contributed by atoms with van der Waals surface area (Å²) in [4.78, 5) is 0. The van der Waals surface area contributed by atoms with Gasteiger partial charge in [-0.25, -0.2) is 0 Å². The zero-order valence-electron chi connectivity index (χ0n) is 31.6. The molecule has 0 atom stereocenters. The van der Waals surface area contributed by atoms with E-state index in [0.717, 1.165) is 45.1 Å². The Morgan fingerprint density at radius 2 is 0.793 bits per heavy atom. The van der Waals surface area contributed by atoms with Crippen LogP contribution >= 0.6 is 0 Å². The van der Waals surface area contributed by atoms with E-state index < -0.39 is 0 Å². The van der Waals surface area contributed by atoms with Gasteiger partial charge < -0.3 is 4.57 Å². The van der Waals surface area contributed by atoms with E-state index in [2.05, 4.69) is 209 Å². The fourth-order valence-electron chi connectivity index (χ4n) is 8.61. The smallest absolute Gasteiger partial charge is 0.168 e. The topological polar surface area (TPSA) is 35.6 Å². The molecule has 0 fully saturated rings. The predicted octanol–water partition coefficient (Wildman–Crippen LogP) is 13.9. The van der Waals surface area contributed by atoms with E-state index in [0.29, 0.717) is 0 Å². The molecule has 4 heteroatoms. The third-order valence-electron chi connectivity index (χ3n) is 11.3. The third-order valence-corrected chi connectivity index (χ3v) is 11.3. The highest BCUT2D eigenvalue weighted by Gasteiger charge is 2.20. The Bertz CT molecular complexity index is 3260. The molecule has 0 amide bonds. The second-order valence-electron chi connectivity index (χ2n) is 14.6. The first-order valence-corrected chi connectivity index (χ1v) is 19.7. The van der Waals surface area contributed by atoms with Crippen LogP contribution in [-0.2, 0) is 0 Å². The summed E-state index contributed by atoms with van der Waals surface area (Å²) >= 11 is 0. The molecule has 0 aliphatic heterocycles. The molecule has 0 saturated heterocycles. The van der Waals surface area contributed by atoms with Gasteiger partial charge in [0.1, 0.15) is 0 Å². The van der Waals surface area contributed by atoms with E-state index in [-0.39, 0.29) is 0 Å². The van der Waals surface area contributed by atoms with Gasteiger partial charge >= 0.3 is 0 Å². The second kappa shape index (κ2) is 14.0. The standard InChI is InChI=1S/C54H36N4/c1-3-17-39(18-4-1)53-55-56-54(58(53)50-29-15-19-37-16-7-8-24-45(37)50)40-32-30-38(31-33-40)43-22-9-11-25-46(43)47-26-12-10-23-44(47)41-34-35-52-49(36-41)48-27-13-14-28-51(48)57(52)42-20-5-2-6-21-42/h1-36H. The summed E-state index contributed by atoms with van der Waals surface area (Å²) in [7, 11) is 0. The van der Waals surface area contributed by atoms with E-state index in [1.54, 1.807) is 0 Å². The summed E-state index contributed by atoms with van der Waals surface area (Å²) < 4.78 is 4.57. The molecule has 272 valence electrons. The van der Waals surface area contributed by atoms with Crippen LogP contribution in [0.4, 0.5) is 0 Å². The fourth-order valence-corrected chi connectivity index (χ4v) is 8.61. The molecule has 9 aromatic carbocycles. The Morgan fingerprint density at radius 3 is 1.52 bits per heavy atom. The van der Waals surface area contributed by atoms with E-state index in [1.165, 1.54) is 55.0 Å². The van der Waals surface area contributed by atoms with Crippen LogP contribution in [0, 0.1) is 0 Å². The minimum Gasteiger partial charge on any atom is -0.309 e. The van der Waals surface area contributed by atoms with Crippen molar-refractivity contribution >= 4 is 32.6 Å². The summed E-state index contributed by atoms with van der Waals surface area (Å²) in [6, 6.07) is 77.7. The summed E-state index contributed by atoms with van der Waals surface area (Å²) in [6.07, 6.45) is 0. The minimum absolute atomic E-state index is 0.796. The van der Waals surface area contributed by atoms with Gasteiger partial charge in [-0.1, -0.05) is 182 Å². The van der Waals surface area contributed by atoms with Crippen molar-refractivity contribution in [3.05, 3.63) is 218 Å². The normalized spacial score (nSPS) is 11.4. The highest BCUT2D eigenvalue weighted by atomic mass is 15.3. The number of para-hydroxylation sites is 2. The first-order valence-electron chi connectivity index (χ1n) is 19.7. The molecule has 0 radical (unpaired) electrons. The van der Waals surface area contributed by atoms with Crippen molar-refractivity contribution in [2.75, 3.05) is 0 Å². The van der Waals surface area contributed by atoms with Gasteiger partial charge in [0.05, 0.1) is 16.7 Å². The molecule has 2 aromatic heterocycles. The van der Waals surface area contributed by atoms with Crippen LogP contribution in [0.25, 0.3) is 100 Å². The molecular formula is C54H36N4. The lowest BCUT2D eigenvalue weighted by atomic mass is 9.89. The van der Waals surface area contributed by atoms with Crippen LogP contribution in [0.15, 0.2) is 218 Å². The molecule has 0 N–H and O–H groups in total. The zero-order chi connectivity index (χ0) is 38.4. The van der Waals surface area contributed by atoms with Crippen LogP contribution in [0.5, 0.6) is 0 Å². The average Bonchev–Trinajstić information content (AvgIpc) is 3.89. The maximum atomic E-state index is 4.83. The van der Waals surface area contributed by atoms with E-state index in [9.17, 15) is 0 Å². The molecule has 4 nitrogen and oxygen atoms in total. The summed E-state index contributed by atoms with van der Waals surface area (Å²) in [5.41, 5.74) is 13.7. The molecule has 11 rings (SSSR count). The molecule has 0 unspecified atom stereocenters. The van der Waals surface area contributed by atoms with Crippen LogP contribution in [0.1, 0.15) is 0 Å². The lowest BCUT2D eigenvalue weighted by molar-refractivity contribution is 1.08. The first kappa shape index (κ1) is 33.5. The Kier molecular flexibility index (Phi) is 8.11. The van der Waals surface area contributed by atoms with Crippen molar-refractivity contribution in [3.63, 3.8) is 0 Å². The van der Waals surface area contributed by atoms with Crippen molar-refractivity contribution < 1.29 is 0 Å². The fraction of sp³-hybridized carbons (Fsp3) is 0. The van der Waals surface area contributed by atoms with Crippen molar-refractivity contribution in [1.29, 1.82) is 0 Å². The van der Waals surface area contributed by atoms with E-state index in [1.807, 2.05) is 18.2 Å². The summed E-state index contributed by atoms with van der Waals surface area (Å²) in [5, 5.41) is 14.4. The molecule has 0 aliphatic carbocycles. The molecular weight excluding hydrogens is 705 g/mol. The highest BCUT2D eigenvalue weighted by molar-refractivity contribution is 6.11. The maximum Gasteiger partial charge on any atom is 0.168 e. The largest absolute Gasteiger partial charge is 0.309 e. The lowest BCUT2D eigenvalue weighted by Gasteiger charge is -2.16. The highest BCUT2D eigenvalue weighted by Crippen LogP contribution is 2.41. The number of hydrogen-bond donors (Lipinski definition) is 0. The molecule has 0 aliphatic rings. The van der Waals surface area contributed by atoms with Crippen molar-refractivity contribution in [2.45, 2.75) is 0 Å². The number of rotatable bonds is 7. The Morgan fingerprint density at radius 1 is 0.293 bits per heavy atom. The summed E-state index contributed by atoms with van der Waals surface area (Å²) in [6.45, 7) is 0. The van der Waals surface area contributed by atoms with Gasteiger partial charge in [-0.05, 0) is 75.2 Å². The summed E-state index contributed by atoms with van der Waals surface area (Å²) in [5.74, 6) is 1.60. The van der Waals surface area contributed by atoms with Gasteiger partial charge in [0.15, 0.2) is 11.6 Å². The molecule has 0 saturated carbocycles. The van der Waals surface area contributed by atoms with Crippen LogP contribution < -0.4 is 0 Å². The molecule has 0 spiro atoms. The second-order valence-corrected chi connectivity index (χ2v) is 14.6. The quantitative estimate of drug-likeness (QED) is 0.163.